The Kier molecular flexibility index (Phi) is 7.40. The second-order valence-corrected chi connectivity index (χ2v) is 9.57. The molecule has 0 aliphatic carbocycles. The summed E-state index contributed by atoms with van der Waals surface area (Å²) in [7, 11) is -3.05. The van der Waals surface area contributed by atoms with Gasteiger partial charge in [-0.25, -0.2) is 0 Å². The summed E-state index contributed by atoms with van der Waals surface area (Å²) >= 11 is 0.500. The van der Waals surface area contributed by atoms with Gasteiger partial charge in [-0.3, -0.25) is 24.0 Å². The molecule has 3 aromatic rings. The highest BCUT2D eigenvalue weighted by Gasteiger charge is 2.38. The molecule has 4 rings (SSSR count). The molecule has 9 nitrogen and oxygen atoms in total. The lowest BCUT2D eigenvalue weighted by Gasteiger charge is -2.16. The minimum absolute atomic E-state index is 0.0495. The molecule has 2 aromatic carbocycles. The molecule has 0 spiro atoms. The standard InChI is InChI=1S/C22H12F6N4O5S2/c23-21(24,25)14-3-2-12(15(7-14)22(26,27)28)9-32-16-4-1-11(5-13(16)8-29-32)6-17-19(34)31(20(35)38-17)10-18(33)30-39(36)37/h1-8H,9-10H2. The van der Waals surface area contributed by atoms with Crippen LogP contribution in [0, 0.1) is 0 Å². The molecule has 0 N–H and O–H groups in total. The zero-order valence-electron chi connectivity index (χ0n) is 18.9. The van der Waals surface area contributed by atoms with Gasteiger partial charge < -0.3 is 0 Å². The van der Waals surface area contributed by atoms with Crippen molar-refractivity contribution in [3.05, 3.63) is 69.8 Å². The van der Waals surface area contributed by atoms with Gasteiger partial charge in [0.2, 0.25) is 0 Å². The largest absolute Gasteiger partial charge is 0.416 e. The van der Waals surface area contributed by atoms with Gasteiger partial charge in [0.15, 0.2) is 0 Å². The first-order chi connectivity index (χ1) is 18.1. The summed E-state index contributed by atoms with van der Waals surface area (Å²) in [5.74, 6) is -2.08. The van der Waals surface area contributed by atoms with Gasteiger partial charge in [-0.2, -0.15) is 39.9 Å². The number of benzene rings is 2. The number of halogens is 6. The fraction of sp³-hybridized carbons (Fsp3) is 0.182. The van der Waals surface area contributed by atoms with Gasteiger partial charge in [0, 0.05) is 5.39 Å². The molecule has 0 saturated carbocycles. The number of nitrogens with zero attached hydrogens (tertiary/aromatic N) is 4. The molecular formula is C22H12F6N4O5S2. The Morgan fingerprint density at radius 3 is 2.38 bits per heavy atom. The van der Waals surface area contributed by atoms with E-state index in [0.29, 0.717) is 39.2 Å². The summed E-state index contributed by atoms with van der Waals surface area (Å²) in [5.41, 5.74) is -2.58. The van der Waals surface area contributed by atoms with E-state index < -0.39 is 69.7 Å². The molecule has 0 unspecified atom stereocenters. The molecule has 3 amide bonds. The third-order valence-corrected chi connectivity index (χ3v) is 6.63. The highest BCUT2D eigenvalue weighted by atomic mass is 32.2. The SMILES string of the molecule is O=C(CN1C(=O)SC(=Cc2ccc3c(cnn3Cc3ccc(C(F)(F)F)cc3C(F)(F)F)c2)C1=O)N=S(=O)=O. The molecule has 1 saturated heterocycles. The average molecular weight is 590 g/mol. The van der Waals surface area contributed by atoms with Crippen LogP contribution in [0.4, 0.5) is 31.1 Å². The highest BCUT2D eigenvalue weighted by molar-refractivity contribution is 8.18. The second kappa shape index (κ2) is 10.3. The third-order valence-electron chi connectivity index (χ3n) is 5.37. The molecule has 204 valence electrons. The van der Waals surface area contributed by atoms with Crippen molar-refractivity contribution in [3.63, 3.8) is 0 Å². The van der Waals surface area contributed by atoms with Gasteiger partial charge in [0.05, 0.1) is 34.3 Å². The number of carbonyl (C=O) groups excluding carboxylic acids is 3. The summed E-state index contributed by atoms with van der Waals surface area (Å²) in [6.45, 7) is -1.35. The van der Waals surface area contributed by atoms with E-state index >= 15 is 0 Å². The van der Waals surface area contributed by atoms with Gasteiger partial charge in [-0.1, -0.05) is 16.5 Å². The number of fused-ring (bicyclic) bond motifs is 1. The maximum absolute atomic E-state index is 13.5. The quantitative estimate of drug-likeness (QED) is 0.311. The second-order valence-electron chi connectivity index (χ2n) is 7.96. The maximum atomic E-state index is 13.5. The minimum Gasteiger partial charge on any atom is -0.269 e. The summed E-state index contributed by atoms with van der Waals surface area (Å²) in [4.78, 5) is 36.6. The van der Waals surface area contributed by atoms with Crippen LogP contribution >= 0.6 is 11.8 Å². The Morgan fingerprint density at radius 1 is 1.03 bits per heavy atom. The van der Waals surface area contributed by atoms with E-state index in [2.05, 4.69) is 9.46 Å². The monoisotopic (exact) mass is 590 g/mol. The Hall–Kier alpha value is -3.99. The number of hydrogen-bond donors (Lipinski definition) is 0. The summed E-state index contributed by atoms with van der Waals surface area (Å²) in [5, 5.41) is 3.62. The minimum atomic E-state index is -5.04. The van der Waals surface area contributed by atoms with Crippen molar-refractivity contribution in [2.24, 2.45) is 4.36 Å². The Morgan fingerprint density at radius 2 is 1.74 bits per heavy atom. The van der Waals surface area contributed by atoms with Crippen molar-refractivity contribution >= 4 is 56.3 Å². The van der Waals surface area contributed by atoms with Crippen LogP contribution in [0.25, 0.3) is 17.0 Å². The summed E-state index contributed by atoms with van der Waals surface area (Å²) < 4.78 is 104. The van der Waals surface area contributed by atoms with Crippen LogP contribution < -0.4 is 0 Å². The van der Waals surface area contributed by atoms with E-state index in [-0.39, 0.29) is 11.0 Å². The number of imide groups is 1. The van der Waals surface area contributed by atoms with Crippen molar-refractivity contribution < 1.29 is 49.1 Å². The molecule has 1 aromatic heterocycles. The zero-order valence-corrected chi connectivity index (χ0v) is 20.6. The normalized spacial score (nSPS) is 15.4. The van der Waals surface area contributed by atoms with Gasteiger partial charge >= 0.3 is 22.9 Å². The first-order valence-corrected chi connectivity index (χ1v) is 12.3. The Bertz CT molecular complexity index is 1680. The molecule has 0 atom stereocenters. The maximum Gasteiger partial charge on any atom is 0.416 e. The smallest absolute Gasteiger partial charge is 0.269 e. The molecule has 1 fully saturated rings. The molecule has 0 radical (unpaired) electrons. The number of carbonyl (C=O) groups is 3. The molecular weight excluding hydrogens is 578 g/mol. The van der Waals surface area contributed by atoms with Crippen LogP contribution in [0.1, 0.15) is 22.3 Å². The third kappa shape index (κ3) is 6.19. The lowest BCUT2D eigenvalue weighted by atomic mass is 10.0. The van der Waals surface area contributed by atoms with E-state index in [9.17, 15) is 49.1 Å². The topological polar surface area (TPSA) is 119 Å². The molecule has 17 heteroatoms. The fourth-order valence-corrected chi connectivity index (χ4v) is 4.73. The predicted octanol–water partition coefficient (Wildman–Crippen LogP) is 4.75. The first kappa shape index (κ1) is 28.0. The number of rotatable bonds is 5. The van der Waals surface area contributed by atoms with E-state index in [1.165, 1.54) is 35.2 Å². The lowest BCUT2D eigenvalue weighted by Crippen LogP contribution is -2.32. The van der Waals surface area contributed by atoms with Crippen LogP contribution in [-0.2, 0) is 39.0 Å². The van der Waals surface area contributed by atoms with E-state index in [4.69, 9.17) is 0 Å². The van der Waals surface area contributed by atoms with Gasteiger partial charge in [0.1, 0.15) is 6.54 Å². The van der Waals surface area contributed by atoms with Crippen LogP contribution in [0.2, 0.25) is 0 Å². The Balaban J connectivity index is 1.60. The summed E-state index contributed by atoms with van der Waals surface area (Å²) in [6, 6.07) is 5.79. The van der Waals surface area contributed by atoms with Gasteiger partial charge in [0.25, 0.3) is 17.1 Å². The zero-order chi connectivity index (χ0) is 28.7. The number of alkyl halides is 6. The molecule has 1 aliphatic rings. The number of hydrogen-bond acceptors (Lipinski definition) is 7. The number of amides is 3. The van der Waals surface area contributed by atoms with Gasteiger partial charge in [-0.05, 0) is 53.2 Å². The lowest BCUT2D eigenvalue weighted by molar-refractivity contribution is -0.143. The van der Waals surface area contributed by atoms with Crippen LogP contribution in [0.3, 0.4) is 0 Å². The Labute approximate surface area is 219 Å². The van der Waals surface area contributed by atoms with E-state index in [1.807, 2.05) is 0 Å². The number of thioether (sulfide) groups is 1. The van der Waals surface area contributed by atoms with E-state index in [1.54, 1.807) is 0 Å². The van der Waals surface area contributed by atoms with Crippen molar-refractivity contribution in [2.75, 3.05) is 6.54 Å². The molecule has 1 aliphatic heterocycles. The molecule has 39 heavy (non-hydrogen) atoms. The predicted molar refractivity (Wildman–Crippen MR) is 124 cm³/mol. The first-order valence-electron chi connectivity index (χ1n) is 10.5. The average Bonchev–Trinajstić information content (AvgIpc) is 3.32. The van der Waals surface area contributed by atoms with Crippen molar-refractivity contribution in [3.8, 4) is 0 Å². The van der Waals surface area contributed by atoms with Crippen LogP contribution in [0.5, 0.6) is 0 Å². The van der Waals surface area contributed by atoms with Crippen LogP contribution in [0.15, 0.2) is 51.9 Å². The van der Waals surface area contributed by atoms with Crippen molar-refractivity contribution in [1.29, 1.82) is 0 Å². The van der Waals surface area contributed by atoms with E-state index in [0.717, 1.165) is 6.07 Å². The fourth-order valence-electron chi connectivity index (χ4n) is 3.67. The van der Waals surface area contributed by atoms with Crippen molar-refractivity contribution in [2.45, 2.75) is 18.9 Å². The molecule has 0 bridgehead atoms. The highest BCUT2D eigenvalue weighted by Crippen LogP contribution is 2.38. The van der Waals surface area contributed by atoms with Gasteiger partial charge in [-0.15, -0.1) is 0 Å². The summed E-state index contributed by atoms with van der Waals surface area (Å²) in [6.07, 6.45) is -7.38. The number of aromatic nitrogens is 2. The van der Waals surface area contributed by atoms with Crippen molar-refractivity contribution in [1.82, 2.24) is 14.7 Å². The van der Waals surface area contributed by atoms with Crippen LogP contribution in [-0.4, -0.2) is 46.7 Å². The molecule has 2 heterocycles.